The Hall–Kier alpha value is -1.35. The van der Waals surface area contributed by atoms with E-state index in [1.165, 1.54) is 11.6 Å². The number of rotatable bonds is 3. The summed E-state index contributed by atoms with van der Waals surface area (Å²) in [7, 11) is 0. The SMILES string of the molecule is Cc1cccc(CNc2c(F)cccc2Br)c1. The van der Waals surface area contributed by atoms with Crippen LogP contribution in [-0.2, 0) is 6.54 Å². The molecule has 0 saturated heterocycles. The van der Waals surface area contributed by atoms with Gasteiger partial charge >= 0.3 is 0 Å². The predicted octanol–water partition coefficient (Wildman–Crippen LogP) is 4.51. The molecule has 0 aromatic heterocycles. The number of hydrogen-bond acceptors (Lipinski definition) is 1. The van der Waals surface area contributed by atoms with Crippen LogP contribution in [0.25, 0.3) is 0 Å². The summed E-state index contributed by atoms with van der Waals surface area (Å²) in [5.41, 5.74) is 2.85. The van der Waals surface area contributed by atoms with E-state index in [0.717, 1.165) is 10.0 Å². The molecule has 0 amide bonds. The minimum absolute atomic E-state index is 0.243. The lowest BCUT2D eigenvalue weighted by Crippen LogP contribution is -2.02. The molecule has 2 rings (SSSR count). The maximum absolute atomic E-state index is 13.5. The number of para-hydroxylation sites is 1. The first-order valence-electron chi connectivity index (χ1n) is 5.40. The van der Waals surface area contributed by atoms with Gasteiger partial charge in [-0.1, -0.05) is 35.9 Å². The molecule has 0 unspecified atom stereocenters. The van der Waals surface area contributed by atoms with Crippen LogP contribution in [0, 0.1) is 12.7 Å². The van der Waals surface area contributed by atoms with E-state index in [9.17, 15) is 4.39 Å². The van der Waals surface area contributed by atoms with Crippen molar-refractivity contribution in [2.75, 3.05) is 5.32 Å². The summed E-state index contributed by atoms with van der Waals surface area (Å²) in [6.45, 7) is 2.66. The fraction of sp³-hybridized carbons (Fsp3) is 0.143. The first kappa shape index (κ1) is 12.1. The topological polar surface area (TPSA) is 12.0 Å². The summed E-state index contributed by atoms with van der Waals surface area (Å²) in [6.07, 6.45) is 0. The molecule has 1 nitrogen and oxygen atoms in total. The molecule has 0 spiro atoms. The predicted molar refractivity (Wildman–Crippen MR) is 72.6 cm³/mol. The van der Waals surface area contributed by atoms with E-state index in [1.807, 2.05) is 31.2 Å². The van der Waals surface area contributed by atoms with Gasteiger partial charge < -0.3 is 5.32 Å². The molecular weight excluding hydrogens is 281 g/mol. The normalized spacial score (nSPS) is 10.3. The van der Waals surface area contributed by atoms with E-state index in [0.29, 0.717) is 12.2 Å². The molecule has 3 heteroatoms. The van der Waals surface area contributed by atoms with E-state index in [4.69, 9.17) is 0 Å². The molecule has 0 radical (unpaired) electrons. The molecule has 88 valence electrons. The first-order chi connectivity index (χ1) is 8.16. The number of benzene rings is 2. The second-order valence-corrected chi connectivity index (χ2v) is 4.79. The molecule has 0 aliphatic rings. The van der Waals surface area contributed by atoms with Gasteiger partial charge in [-0.05, 0) is 40.5 Å². The van der Waals surface area contributed by atoms with Gasteiger partial charge in [-0.3, -0.25) is 0 Å². The molecule has 2 aromatic rings. The summed E-state index contributed by atoms with van der Waals surface area (Å²) >= 11 is 3.33. The summed E-state index contributed by atoms with van der Waals surface area (Å²) in [5.74, 6) is -0.243. The van der Waals surface area contributed by atoms with Gasteiger partial charge in [-0.2, -0.15) is 0 Å². The molecule has 2 aromatic carbocycles. The Kier molecular flexibility index (Phi) is 3.79. The minimum Gasteiger partial charge on any atom is -0.378 e. The summed E-state index contributed by atoms with van der Waals surface area (Å²) < 4.78 is 14.3. The fourth-order valence-electron chi connectivity index (χ4n) is 1.68. The monoisotopic (exact) mass is 293 g/mol. The van der Waals surface area contributed by atoms with Crippen molar-refractivity contribution in [2.45, 2.75) is 13.5 Å². The molecule has 1 N–H and O–H groups in total. The van der Waals surface area contributed by atoms with Gasteiger partial charge in [0.1, 0.15) is 5.82 Å². The lowest BCUT2D eigenvalue weighted by Gasteiger charge is -2.10. The van der Waals surface area contributed by atoms with Crippen LogP contribution in [0.3, 0.4) is 0 Å². The molecule has 0 aliphatic heterocycles. The van der Waals surface area contributed by atoms with Crippen LogP contribution < -0.4 is 5.32 Å². The van der Waals surface area contributed by atoms with Gasteiger partial charge in [-0.25, -0.2) is 4.39 Å². The van der Waals surface area contributed by atoms with E-state index < -0.39 is 0 Å². The molecule has 0 heterocycles. The smallest absolute Gasteiger partial charge is 0.147 e. The molecule has 0 bridgehead atoms. The molecule has 0 atom stereocenters. The standard InChI is InChI=1S/C14H13BrFN/c1-10-4-2-5-11(8-10)9-17-14-12(15)6-3-7-13(14)16/h2-8,17H,9H2,1H3. The van der Waals surface area contributed by atoms with E-state index >= 15 is 0 Å². The van der Waals surface area contributed by atoms with Crippen molar-refractivity contribution >= 4 is 21.6 Å². The Morgan fingerprint density at radius 2 is 1.94 bits per heavy atom. The van der Waals surface area contributed by atoms with Crippen molar-refractivity contribution in [2.24, 2.45) is 0 Å². The summed E-state index contributed by atoms with van der Waals surface area (Å²) in [4.78, 5) is 0. The third kappa shape index (κ3) is 3.07. The highest BCUT2D eigenvalue weighted by Crippen LogP contribution is 2.25. The Morgan fingerprint density at radius 3 is 2.65 bits per heavy atom. The van der Waals surface area contributed by atoms with Crippen LogP contribution in [0.4, 0.5) is 10.1 Å². The number of nitrogens with one attached hydrogen (secondary N) is 1. The third-order valence-electron chi connectivity index (χ3n) is 2.51. The maximum Gasteiger partial charge on any atom is 0.147 e. The highest BCUT2D eigenvalue weighted by Gasteiger charge is 2.05. The van der Waals surface area contributed by atoms with Crippen molar-refractivity contribution in [3.8, 4) is 0 Å². The Morgan fingerprint density at radius 1 is 1.18 bits per heavy atom. The van der Waals surface area contributed by atoms with Crippen molar-refractivity contribution in [3.05, 3.63) is 63.9 Å². The van der Waals surface area contributed by atoms with Crippen molar-refractivity contribution in [1.29, 1.82) is 0 Å². The zero-order chi connectivity index (χ0) is 12.3. The first-order valence-corrected chi connectivity index (χ1v) is 6.19. The van der Waals surface area contributed by atoms with E-state index in [1.54, 1.807) is 6.07 Å². The van der Waals surface area contributed by atoms with Crippen LogP contribution in [-0.4, -0.2) is 0 Å². The fourth-order valence-corrected chi connectivity index (χ4v) is 2.16. The lowest BCUT2D eigenvalue weighted by molar-refractivity contribution is 0.629. The molecule has 0 fully saturated rings. The van der Waals surface area contributed by atoms with Crippen molar-refractivity contribution in [3.63, 3.8) is 0 Å². The Balaban J connectivity index is 2.13. The largest absolute Gasteiger partial charge is 0.378 e. The van der Waals surface area contributed by atoms with Crippen molar-refractivity contribution in [1.82, 2.24) is 0 Å². The van der Waals surface area contributed by atoms with Crippen LogP contribution in [0.5, 0.6) is 0 Å². The highest BCUT2D eigenvalue weighted by atomic mass is 79.9. The van der Waals surface area contributed by atoms with Gasteiger partial charge in [0.2, 0.25) is 0 Å². The average molecular weight is 294 g/mol. The number of halogens is 2. The minimum atomic E-state index is -0.243. The third-order valence-corrected chi connectivity index (χ3v) is 3.18. The molecule has 0 aliphatic carbocycles. The van der Waals surface area contributed by atoms with Crippen LogP contribution in [0.2, 0.25) is 0 Å². The Bertz CT molecular complexity index is 505. The second kappa shape index (κ2) is 5.32. The van der Waals surface area contributed by atoms with Gasteiger partial charge in [0, 0.05) is 11.0 Å². The second-order valence-electron chi connectivity index (χ2n) is 3.94. The van der Waals surface area contributed by atoms with E-state index in [-0.39, 0.29) is 5.82 Å². The van der Waals surface area contributed by atoms with Crippen LogP contribution in [0.15, 0.2) is 46.9 Å². The van der Waals surface area contributed by atoms with Gasteiger partial charge in [-0.15, -0.1) is 0 Å². The van der Waals surface area contributed by atoms with Crippen LogP contribution in [0.1, 0.15) is 11.1 Å². The highest BCUT2D eigenvalue weighted by molar-refractivity contribution is 9.10. The van der Waals surface area contributed by atoms with Gasteiger partial charge in [0.25, 0.3) is 0 Å². The van der Waals surface area contributed by atoms with Gasteiger partial charge in [0.05, 0.1) is 5.69 Å². The number of aryl methyl sites for hydroxylation is 1. The molecular formula is C14H13BrFN. The maximum atomic E-state index is 13.5. The molecule has 0 saturated carbocycles. The lowest BCUT2D eigenvalue weighted by atomic mass is 10.1. The van der Waals surface area contributed by atoms with Crippen molar-refractivity contribution < 1.29 is 4.39 Å². The zero-order valence-corrected chi connectivity index (χ0v) is 11.1. The van der Waals surface area contributed by atoms with Crippen LogP contribution >= 0.6 is 15.9 Å². The molecule has 17 heavy (non-hydrogen) atoms. The van der Waals surface area contributed by atoms with E-state index in [2.05, 4.69) is 27.3 Å². The Labute approximate surface area is 109 Å². The quantitative estimate of drug-likeness (QED) is 0.878. The average Bonchev–Trinajstić information content (AvgIpc) is 2.28. The number of hydrogen-bond donors (Lipinski definition) is 1. The number of anilines is 1. The van der Waals surface area contributed by atoms with Gasteiger partial charge in [0.15, 0.2) is 0 Å². The summed E-state index contributed by atoms with van der Waals surface area (Å²) in [6, 6.07) is 13.1. The summed E-state index contributed by atoms with van der Waals surface area (Å²) in [5, 5.41) is 3.10. The zero-order valence-electron chi connectivity index (χ0n) is 9.50.